The Kier molecular flexibility index (Phi) is 16.1. The standard InChI is InChI=1S/C28H60N6O/c1-7-13-19-27(30-21-15-9-3)31-26(29)33(23-17-11-5)28(20-14-8-2,34(27)24-18-12-6)32(25-35)22-16-10-4/h30,35H,7-25H2,1-6H3,(H2,29,31). The second-order valence-corrected chi connectivity index (χ2v) is 10.3. The van der Waals surface area contributed by atoms with E-state index in [0.717, 1.165) is 116 Å². The number of unbranched alkanes of at least 4 members (excludes halogenated alkanes) is 6. The quantitative estimate of drug-likeness (QED) is 0.141. The summed E-state index contributed by atoms with van der Waals surface area (Å²) in [6, 6.07) is 0. The number of aliphatic hydroxyl groups excluding tert-OH is 1. The van der Waals surface area contributed by atoms with Gasteiger partial charge in [0.15, 0.2) is 17.5 Å². The van der Waals surface area contributed by atoms with Gasteiger partial charge in [0.2, 0.25) is 0 Å². The molecule has 1 aliphatic heterocycles. The summed E-state index contributed by atoms with van der Waals surface area (Å²) in [5, 5.41) is 14.8. The van der Waals surface area contributed by atoms with Crippen LogP contribution in [0.15, 0.2) is 4.99 Å². The molecule has 0 aromatic heterocycles. The smallest absolute Gasteiger partial charge is 0.196 e. The Balaban J connectivity index is 3.85. The van der Waals surface area contributed by atoms with Crippen molar-refractivity contribution in [1.82, 2.24) is 20.0 Å². The molecule has 0 radical (unpaired) electrons. The molecule has 0 spiro atoms. The van der Waals surface area contributed by atoms with E-state index in [1.807, 2.05) is 0 Å². The maximum atomic E-state index is 10.9. The molecule has 35 heavy (non-hydrogen) atoms. The fourth-order valence-corrected chi connectivity index (χ4v) is 5.42. The van der Waals surface area contributed by atoms with Crippen LogP contribution in [0, 0.1) is 0 Å². The number of hydrogen-bond donors (Lipinski definition) is 3. The van der Waals surface area contributed by atoms with Crippen LogP contribution in [0.25, 0.3) is 0 Å². The summed E-state index contributed by atoms with van der Waals surface area (Å²) in [6.45, 7) is 17.1. The molecule has 0 aliphatic carbocycles. The highest BCUT2D eigenvalue weighted by Crippen LogP contribution is 2.42. The molecule has 1 heterocycles. The molecular formula is C28H60N6O. The molecular weight excluding hydrogens is 436 g/mol. The zero-order valence-electron chi connectivity index (χ0n) is 24.2. The van der Waals surface area contributed by atoms with E-state index in [4.69, 9.17) is 10.7 Å². The number of guanidine groups is 1. The predicted octanol–water partition coefficient (Wildman–Crippen LogP) is 5.65. The minimum atomic E-state index is -0.541. The fraction of sp³-hybridized carbons (Fsp3) is 0.964. The van der Waals surface area contributed by atoms with Crippen LogP contribution in [0.4, 0.5) is 0 Å². The van der Waals surface area contributed by atoms with Gasteiger partial charge in [-0.15, -0.1) is 0 Å². The van der Waals surface area contributed by atoms with Crippen molar-refractivity contribution in [2.24, 2.45) is 10.7 Å². The molecule has 0 fully saturated rings. The van der Waals surface area contributed by atoms with Crippen LogP contribution in [-0.4, -0.2) is 70.2 Å². The van der Waals surface area contributed by atoms with E-state index in [-0.39, 0.29) is 6.73 Å². The first-order chi connectivity index (χ1) is 17.0. The third-order valence-corrected chi connectivity index (χ3v) is 7.50. The summed E-state index contributed by atoms with van der Waals surface area (Å²) in [6.07, 6.45) is 15.1. The van der Waals surface area contributed by atoms with Gasteiger partial charge in [-0.05, 0) is 51.5 Å². The van der Waals surface area contributed by atoms with E-state index < -0.39 is 11.6 Å². The number of nitrogens with two attached hydrogens (primary N) is 1. The van der Waals surface area contributed by atoms with Crippen LogP contribution in [0.3, 0.4) is 0 Å². The molecule has 2 unspecified atom stereocenters. The first-order valence-corrected chi connectivity index (χ1v) is 15.0. The van der Waals surface area contributed by atoms with E-state index in [2.05, 4.69) is 61.6 Å². The molecule has 0 aromatic carbocycles. The molecule has 7 nitrogen and oxygen atoms in total. The van der Waals surface area contributed by atoms with Crippen LogP contribution in [0.5, 0.6) is 0 Å². The van der Waals surface area contributed by atoms with Crippen LogP contribution in [-0.2, 0) is 0 Å². The monoisotopic (exact) mass is 496 g/mol. The van der Waals surface area contributed by atoms with Crippen molar-refractivity contribution in [2.75, 3.05) is 32.9 Å². The molecule has 1 aliphatic rings. The maximum absolute atomic E-state index is 10.9. The number of nitrogens with zero attached hydrogens (tertiary/aromatic N) is 4. The van der Waals surface area contributed by atoms with Crippen molar-refractivity contribution in [1.29, 1.82) is 0 Å². The number of aliphatic imine (C=N–C) groups is 1. The molecule has 4 N–H and O–H groups in total. The molecule has 0 amide bonds. The first-order valence-electron chi connectivity index (χ1n) is 15.0. The number of aliphatic hydroxyl groups is 1. The zero-order valence-corrected chi connectivity index (χ0v) is 24.2. The molecule has 0 saturated carbocycles. The third-order valence-electron chi connectivity index (χ3n) is 7.50. The van der Waals surface area contributed by atoms with Crippen LogP contribution in [0.2, 0.25) is 0 Å². The predicted molar refractivity (Wildman–Crippen MR) is 151 cm³/mol. The fourth-order valence-electron chi connectivity index (χ4n) is 5.42. The van der Waals surface area contributed by atoms with Gasteiger partial charge in [0.1, 0.15) is 0 Å². The highest BCUT2D eigenvalue weighted by atomic mass is 16.3. The highest BCUT2D eigenvalue weighted by molar-refractivity contribution is 5.80. The van der Waals surface area contributed by atoms with Gasteiger partial charge < -0.3 is 15.7 Å². The van der Waals surface area contributed by atoms with Crippen molar-refractivity contribution in [3.63, 3.8) is 0 Å². The van der Waals surface area contributed by atoms with E-state index in [1.165, 1.54) is 0 Å². The summed E-state index contributed by atoms with van der Waals surface area (Å²) < 4.78 is 0. The zero-order chi connectivity index (χ0) is 26.2. The van der Waals surface area contributed by atoms with Gasteiger partial charge in [-0.2, -0.15) is 0 Å². The molecule has 0 saturated heterocycles. The van der Waals surface area contributed by atoms with Gasteiger partial charge in [0.25, 0.3) is 0 Å². The molecule has 208 valence electrons. The van der Waals surface area contributed by atoms with Crippen LogP contribution >= 0.6 is 0 Å². The van der Waals surface area contributed by atoms with Gasteiger partial charge in [-0.1, -0.05) is 80.1 Å². The Morgan fingerprint density at radius 1 is 0.800 bits per heavy atom. The average Bonchev–Trinajstić information content (AvgIpc) is 2.86. The van der Waals surface area contributed by atoms with Crippen molar-refractivity contribution < 1.29 is 5.11 Å². The van der Waals surface area contributed by atoms with Crippen molar-refractivity contribution >= 4 is 5.96 Å². The lowest BCUT2D eigenvalue weighted by atomic mass is 9.96. The number of nitrogens with one attached hydrogen (secondary N) is 1. The second-order valence-electron chi connectivity index (χ2n) is 10.3. The van der Waals surface area contributed by atoms with Crippen molar-refractivity contribution in [3.8, 4) is 0 Å². The maximum Gasteiger partial charge on any atom is 0.196 e. The molecule has 2 atom stereocenters. The van der Waals surface area contributed by atoms with E-state index in [9.17, 15) is 5.11 Å². The summed E-state index contributed by atoms with van der Waals surface area (Å²) in [5.74, 6) is -0.388. The topological polar surface area (TPSA) is 80.4 Å². The van der Waals surface area contributed by atoms with Gasteiger partial charge in [0.05, 0.1) is 6.73 Å². The summed E-state index contributed by atoms with van der Waals surface area (Å²) in [5.41, 5.74) is 6.93. The van der Waals surface area contributed by atoms with Crippen LogP contribution < -0.4 is 11.1 Å². The Bertz CT molecular complexity index is 574. The van der Waals surface area contributed by atoms with Gasteiger partial charge in [-0.25, -0.2) is 14.8 Å². The van der Waals surface area contributed by atoms with E-state index >= 15 is 0 Å². The molecule has 0 bridgehead atoms. The average molecular weight is 497 g/mol. The summed E-state index contributed by atoms with van der Waals surface area (Å²) >= 11 is 0. The van der Waals surface area contributed by atoms with Crippen molar-refractivity contribution in [3.05, 3.63) is 0 Å². The molecule has 1 rings (SSSR count). The second kappa shape index (κ2) is 17.5. The normalized spacial score (nSPS) is 23.3. The largest absolute Gasteiger partial charge is 0.381 e. The molecule has 7 heteroatoms. The lowest BCUT2D eigenvalue weighted by Crippen LogP contribution is -2.81. The summed E-state index contributed by atoms with van der Waals surface area (Å²) in [4.78, 5) is 12.6. The Labute approximate surface area is 217 Å². The Hall–Kier alpha value is -0.890. The minimum Gasteiger partial charge on any atom is -0.381 e. The Morgan fingerprint density at radius 2 is 1.37 bits per heavy atom. The lowest BCUT2D eigenvalue weighted by Gasteiger charge is -2.63. The lowest BCUT2D eigenvalue weighted by molar-refractivity contribution is -0.225. The van der Waals surface area contributed by atoms with Crippen molar-refractivity contribution in [2.45, 2.75) is 143 Å². The molecule has 0 aromatic rings. The van der Waals surface area contributed by atoms with E-state index in [0.29, 0.717) is 5.96 Å². The highest BCUT2D eigenvalue weighted by Gasteiger charge is 2.57. The summed E-state index contributed by atoms with van der Waals surface area (Å²) in [7, 11) is 0. The van der Waals surface area contributed by atoms with Gasteiger partial charge in [0, 0.05) is 26.1 Å². The number of hydrogen-bond acceptors (Lipinski definition) is 7. The van der Waals surface area contributed by atoms with Gasteiger partial charge in [-0.3, -0.25) is 5.32 Å². The van der Waals surface area contributed by atoms with E-state index in [1.54, 1.807) is 0 Å². The SMILES string of the molecule is CCCCNC1(CCCC)N=C(N)N(CCCC)C(CCCC)(N(CO)CCCC)N1CCCC. The number of rotatable bonds is 21. The Morgan fingerprint density at radius 3 is 1.94 bits per heavy atom. The van der Waals surface area contributed by atoms with Gasteiger partial charge >= 0.3 is 0 Å². The minimum absolute atomic E-state index is 0.0288. The third kappa shape index (κ3) is 8.31. The first kappa shape index (κ1) is 32.1. The van der Waals surface area contributed by atoms with Crippen LogP contribution in [0.1, 0.15) is 131 Å².